The molecule has 2 N–H and O–H groups in total. The van der Waals surface area contributed by atoms with Gasteiger partial charge in [-0.2, -0.15) is 5.10 Å². The molecule has 0 saturated carbocycles. The quantitative estimate of drug-likeness (QED) is 0.609. The summed E-state index contributed by atoms with van der Waals surface area (Å²) in [5.74, 6) is 1.73. The van der Waals surface area contributed by atoms with E-state index in [4.69, 9.17) is 0 Å². The van der Waals surface area contributed by atoms with Crippen LogP contribution in [0.1, 0.15) is 48.1 Å². The number of aryl methyl sites for hydroxylation is 1. The first-order valence-electron chi connectivity index (χ1n) is 9.39. The molecule has 148 valence electrons. The lowest BCUT2D eigenvalue weighted by Crippen LogP contribution is -2.26. The highest BCUT2D eigenvalue weighted by Gasteiger charge is 2.14. The Balaban J connectivity index is 1.54. The fourth-order valence-electron chi connectivity index (χ4n) is 2.84. The second-order valence-electron chi connectivity index (χ2n) is 7.23. The lowest BCUT2D eigenvalue weighted by Gasteiger charge is -2.08. The van der Waals surface area contributed by atoms with Crippen molar-refractivity contribution in [3.8, 4) is 0 Å². The number of hydrogen-bond acceptors (Lipinski definition) is 4. The van der Waals surface area contributed by atoms with Gasteiger partial charge in [0.2, 0.25) is 10.0 Å². The highest BCUT2D eigenvalue weighted by Crippen LogP contribution is 2.17. The molecule has 0 amide bonds. The normalized spacial score (nSPS) is 11.9. The van der Waals surface area contributed by atoms with Crippen LogP contribution >= 0.6 is 0 Å². The van der Waals surface area contributed by atoms with Crippen LogP contribution in [-0.4, -0.2) is 30.1 Å². The van der Waals surface area contributed by atoms with Crippen LogP contribution in [0.15, 0.2) is 53.4 Å². The van der Waals surface area contributed by atoms with E-state index in [0.29, 0.717) is 24.6 Å². The first-order chi connectivity index (χ1) is 13.3. The van der Waals surface area contributed by atoms with Gasteiger partial charge in [0, 0.05) is 19.4 Å². The van der Waals surface area contributed by atoms with Crippen LogP contribution in [0.3, 0.4) is 0 Å². The zero-order valence-electron chi connectivity index (χ0n) is 16.4. The Morgan fingerprint density at radius 1 is 1.04 bits per heavy atom. The summed E-state index contributed by atoms with van der Waals surface area (Å²) in [6.07, 6.45) is 1.09. The summed E-state index contributed by atoms with van der Waals surface area (Å²) in [7, 11) is -3.53. The largest absolute Gasteiger partial charge is 0.263 e. The highest BCUT2D eigenvalue weighted by atomic mass is 32.2. The van der Waals surface area contributed by atoms with Gasteiger partial charge in [-0.3, -0.25) is 5.10 Å². The second-order valence-corrected chi connectivity index (χ2v) is 9.00. The van der Waals surface area contributed by atoms with Crippen molar-refractivity contribution in [1.82, 2.24) is 19.9 Å². The Morgan fingerprint density at radius 2 is 1.71 bits per heavy atom. The van der Waals surface area contributed by atoms with Gasteiger partial charge in [0.05, 0.1) is 4.90 Å². The van der Waals surface area contributed by atoms with E-state index in [1.165, 1.54) is 5.56 Å². The molecule has 0 saturated heterocycles. The molecule has 1 heterocycles. The molecule has 0 radical (unpaired) electrons. The van der Waals surface area contributed by atoms with Gasteiger partial charge in [-0.15, -0.1) is 0 Å². The predicted octanol–water partition coefficient (Wildman–Crippen LogP) is 3.35. The monoisotopic (exact) mass is 398 g/mol. The van der Waals surface area contributed by atoms with Crippen LogP contribution in [0.4, 0.5) is 0 Å². The molecule has 0 aliphatic carbocycles. The third kappa shape index (κ3) is 5.27. The van der Waals surface area contributed by atoms with Gasteiger partial charge in [0.1, 0.15) is 5.82 Å². The molecule has 28 heavy (non-hydrogen) atoms. The number of rotatable bonds is 8. The van der Waals surface area contributed by atoms with Gasteiger partial charge in [-0.1, -0.05) is 55.8 Å². The van der Waals surface area contributed by atoms with E-state index in [9.17, 15) is 8.42 Å². The molecule has 7 heteroatoms. The molecular formula is C21H26N4O2S. The first-order valence-corrected chi connectivity index (χ1v) is 10.9. The van der Waals surface area contributed by atoms with Crippen molar-refractivity contribution in [3.05, 3.63) is 76.9 Å². The Labute approximate surface area is 166 Å². The smallest absolute Gasteiger partial charge is 0.240 e. The van der Waals surface area contributed by atoms with E-state index in [2.05, 4.69) is 64.9 Å². The molecule has 1 aromatic heterocycles. The highest BCUT2D eigenvalue weighted by molar-refractivity contribution is 7.89. The van der Waals surface area contributed by atoms with E-state index < -0.39 is 10.0 Å². The SMILES string of the molecule is Cc1ccc(Cc2nc(CCNS(=O)(=O)c3ccc(C(C)C)cc3)n[nH]2)cc1. The Kier molecular flexibility index (Phi) is 6.26. The minimum atomic E-state index is -3.53. The van der Waals surface area contributed by atoms with Crippen molar-refractivity contribution >= 4 is 10.0 Å². The zero-order valence-corrected chi connectivity index (χ0v) is 17.3. The topological polar surface area (TPSA) is 87.7 Å². The van der Waals surface area contributed by atoms with Crippen molar-refractivity contribution in [1.29, 1.82) is 0 Å². The van der Waals surface area contributed by atoms with Gasteiger partial charge < -0.3 is 0 Å². The average Bonchev–Trinajstić information content (AvgIpc) is 3.11. The number of nitrogens with one attached hydrogen (secondary N) is 2. The van der Waals surface area contributed by atoms with Crippen LogP contribution in [0, 0.1) is 6.92 Å². The maximum Gasteiger partial charge on any atom is 0.240 e. The number of benzene rings is 2. The summed E-state index contributed by atoms with van der Waals surface area (Å²) in [6, 6.07) is 15.3. The summed E-state index contributed by atoms with van der Waals surface area (Å²) < 4.78 is 27.5. The summed E-state index contributed by atoms with van der Waals surface area (Å²) in [4.78, 5) is 4.72. The zero-order chi connectivity index (χ0) is 20.1. The van der Waals surface area contributed by atoms with Crippen molar-refractivity contribution in [2.24, 2.45) is 0 Å². The van der Waals surface area contributed by atoms with Crippen molar-refractivity contribution in [2.45, 2.75) is 44.4 Å². The van der Waals surface area contributed by atoms with Crippen molar-refractivity contribution in [3.63, 3.8) is 0 Å². The molecule has 0 aliphatic rings. The van der Waals surface area contributed by atoms with Crippen molar-refractivity contribution in [2.75, 3.05) is 6.54 Å². The molecule has 0 bridgehead atoms. The summed E-state index contributed by atoms with van der Waals surface area (Å²) >= 11 is 0. The minimum absolute atomic E-state index is 0.246. The Bertz CT molecular complexity index is 1010. The number of nitrogens with zero attached hydrogens (tertiary/aromatic N) is 2. The first kappa shape index (κ1) is 20.2. The molecule has 0 fully saturated rings. The number of aromatic nitrogens is 3. The Morgan fingerprint density at radius 3 is 2.36 bits per heavy atom. The summed E-state index contributed by atoms with van der Waals surface area (Å²) in [6.45, 7) is 6.45. The molecule has 0 unspecified atom stereocenters. The van der Waals surface area contributed by atoms with Gasteiger partial charge in [0.15, 0.2) is 5.82 Å². The minimum Gasteiger partial charge on any atom is -0.263 e. The fraction of sp³-hybridized carbons (Fsp3) is 0.333. The third-order valence-electron chi connectivity index (χ3n) is 4.57. The van der Waals surface area contributed by atoms with Crippen molar-refractivity contribution < 1.29 is 8.42 Å². The predicted molar refractivity (Wildman–Crippen MR) is 110 cm³/mol. The van der Waals surface area contributed by atoms with Gasteiger partial charge in [-0.25, -0.2) is 18.1 Å². The van der Waals surface area contributed by atoms with Gasteiger partial charge >= 0.3 is 0 Å². The van der Waals surface area contributed by atoms with Crippen LogP contribution < -0.4 is 4.72 Å². The summed E-state index contributed by atoms with van der Waals surface area (Å²) in [5.41, 5.74) is 3.48. The lowest BCUT2D eigenvalue weighted by atomic mass is 10.0. The van der Waals surface area contributed by atoms with Crippen LogP contribution in [-0.2, 0) is 22.9 Å². The standard InChI is InChI=1S/C21H26N4O2S/c1-15(2)18-8-10-19(11-9-18)28(26,27)22-13-12-20-23-21(25-24-20)14-17-6-4-16(3)5-7-17/h4-11,15,22H,12-14H2,1-3H3,(H,23,24,25). The fourth-order valence-corrected chi connectivity index (χ4v) is 3.87. The number of H-pyrrole nitrogens is 1. The molecule has 0 spiro atoms. The maximum atomic E-state index is 12.4. The van der Waals surface area contributed by atoms with Crippen LogP contribution in [0.5, 0.6) is 0 Å². The average molecular weight is 399 g/mol. The van der Waals surface area contributed by atoms with E-state index in [1.54, 1.807) is 12.1 Å². The maximum absolute atomic E-state index is 12.4. The number of sulfonamides is 1. The molecule has 6 nitrogen and oxygen atoms in total. The molecule has 0 aliphatic heterocycles. The van der Waals surface area contributed by atoms with E-state index >= 15 is 0 Å². The molecule has 3 rings (SSSR count). The van der Waals surface area contributed by atoms with E-state index in [-0.39, 0.29) is 11.4 Å². The molecule has 2 aromatic carbocycles. The van der Waals surface area contributed by atoms with Gasteiger partial charge in [-0.05, 0) is 36.1 Å². The van der Waals surface area contributed by atoms with Crippen LogP contribution in [0.2, 0.25) is 0 Å². The Hall–Kier alpha value is -2.51. The summed E-state index contributed by atoms with van der Waals surface area (Å²) in [5, 5.41) is 7.11. The third-order valence-corrected chi connectivity index (χ3v) is 6.04. The van der Waals surface area contributed by atoms with Crippen LogP contribution in [0.25, 0.3) is 0 Å². The molecule has 0 atom stereocenters. The van der Waals surface area contributed by atoms with E-state index in [1.807, 2.05) is 12.1 Å². The van der Waals surface area contributed by atoms with Gasteiger partial charge in [0.25, 0.3) is 0 Å². The number of hydrogen-bond donors (Lipinski definition) is 2. The molecular weight excluding hydrogens is 372 g/mol. The number of aromatic amines is 1. The van der Waals surface area contributed by atoms with E-state index in [0.717, 1.165) is 17.0 Å². The lowest BCUT2D eigenvalue weighted by molar-refractivity contribution is 0.581. The second kappa shape index (κ2) is 8.67. The molecule has 3 aromatic rings.